The van der Waals surface area contributed by atoms with Crippen LogP contribution in [-0.4, -0.2) is 52.0 Å². The van der Waals surface area contributed by atoms with Crippen LogP contribution in [0.25, 0.3) is 5.65 Å². The Labute approximate surface area is 176 Å². The van der Waals surface area contributed by atoms with Crippen molar-refractivity contribution in [3.8, 4) is 5.75 Å². The molecule has 8 nitrogen and oxygen atoms in total. The second kappa shape index (κ2) is 9.77. The van der Waals surface area contributed by atoms with Crippen molar-refractivity contribution >= 4 is 23.0 Å². The number of aromatic nitrogens is 3. The number of fused-ring (bicyclic) bond motifs is 2. The molecule has 0 bridgehead atoms. The Kier molecular flexibility index (Phi) is 6.66. The first-order valence-electron chi connectivity index (χ1n) is 10.7. The minimum Gasteiger partial charge on any atom is -0.494 e. The van der Waals surface area contributed by atoms with Gasteiger partial charge in [-0.2, -0.15) is 9.61 Å². The maximum absolute atomic E-state index is 9.44. The highest BCUT2D eigenvalue weighted by molar-refractivity contribution is 5.71. The summed E-state index contributed by atoms with van der Waals surface area (Å²) in [6, 6.07) is 9.65. The van der Waals surface area contributed by atoms with Crippen molar-refractivity contribution in [1.29, 1.82) is 0 Å². The Morgan fingerprint density at radius 1 is 1.17 bits per heavy atom. The molecule has 0 aliphatic carbocycles. The molecule has 4 N–H and O–H groups in total. The van der Waals surface area contributed by atoms with Crippen molar-refractivity contribution in [3.63, 3.8) is 0 Å². The molecule has 0 spiro atoms. The minimum atomic E-state index is -0.0134. The average Bonchev–Trinajstić information content (AvgIpc) is 3.43. The van der Waals surface area contributed by atoms with Crippen LogP contribution in [0, 0.1) is 0 Å². The predicted molar refractivity (Wildman–Crippen MR) is 119 cm³/mol. The average molecular weight is 411 g/mol. The molecule has 4 heterocycles. The molecule has 2 aliphatic rings. The number of hydrogen-bond donors (Lipinski definition) is 4. The molecule has 1 unspecified atom stereocenters. The lowest BCUT2D eigenvalue weighted by Crippen LogP contribution is -2.21. The van der Waals surface area contributed by atoms with Crippen molar-refractivity contribution in [2.75, 3.05) is 36.9 Å². The van der Waals surface area contributed by atoms with Crippen LogP contribution >= 0.6 is 0 Å². The van der Waals surface area contributed by atoms with E-state index >= 15 is 0 Å². The number of anilines is 3. The third kappa shape index (κ3) is 4.66. The van der Waals surface area contributed by atoms with Crippen molar-refractivity contribution in [2.24, 2.45) is 0 Å². The summed E-state index contributed by atoms with van der Waals surface area (Å²) < 4.78 is 7.27. The molecule has 1 fully saturated rings. The van der Waals surface area contributed by atoms with Gasteiger partial charge in [0.2, 0.25) is 0 Å². The molecule has 0 radical (unpaired) electrons. The van der Waals surface area contributed by atoms with Gasteiger partial charge in [-0.05, 0) is 57.1 Å². The van der Waals surface area contributed by atoms with E-state index < -0.39 is 0 Å². The summed E-state index contributed by atoms with van der Waals surface area (Å²) >= 11 is 0. The van der Waals surface area contributed by atoms with Gasteiger partial charge < -0.3 is 25.8 Å². The van der Waals surface area contributed by atoms with Gasteiger partial charge in [0.05, 0.1) is 25.5 Å². The normalized spacial score (nSPS) is 17.6. The Morgan fingerprint density at radius 3 is 2.60 bits per heavy atom. The molecule has 0 saturated carbocycles. The van der Waals surface area contributed by atoms with Crippen LogP contribution in [0.2, 0.25) is 0 Å². The first-order chi connectivity index (χ1) is 14.8. The third-order valence-corrected chi connectivity index (χ3v) is 5.28. The topological polar surface area (TPSA) is 95.7 Å². The number of nitrogens with zero attached hydrogens (tertiary/aromatic N) is 3. The van der Waals surface area contributed by atoms with E-state index in [1.807, 2.05) is 37.3 Å². The fraction of sp³-hybridized carbons (Fsp3) is 0.455. The molecular weight excluding hydrogens is 380 g/mol. The summed E-state index contributed by atoms with van der Waals surface area (Å²) in [5.74, 6) is 2.51. The molecule has 3 aromatic rings. The highest BCUT2D eigenvalue weighted by Gasteiger charge is 2.26. The summed E-state index contributed by atoms with van der Waals surface area (Å²) in [6.07, 6.45) is 6.64. The van der Waals surface area contributed by atoms with Gasteiger partial charge in [-0.3, -0.25) is 0 Å². The fourth-order valence-corrected chi connectivity index (χ4v) is 3.76. The van der Waals surface area contributed by atoms with Gasteiger partial charge in [0.1, 0.15) is 17.4 Å². The van der Waals surface area contributed by atoms with Crippen molar-refractivity contribution < 1.29 is 9.84 Å². The van der Waals surface area contributed by atoms with Gasteiger partial charge in [-0.25, -0.2) is 4.98 Å². The quantitative estimate of drug-likeness (QED) is 0.514. The van der Waals surface area contributed by atoms with Gasteiger partial charge in [-0.1, -0.05) is 6.42 Å². The Morgan fingerprint density at radius 2 is 1.97 bits per heavy atom. The predicted octanol–water partition coefficient (Wildman–Crippen LogP) is 2.96. The van der Waals surface area contributed by atoms with E-state index in [2.05, 4.69) is 26.0 Å². The van der Waals surface area contributed by atoms with E-state index in [4.69, 9.17) is 4.74 Å². The number of benzene rings is 1. The maximum Gasteiger partial charge on any atom is 0.159 e. The standard InChI is InChI=1S/C17H19N5O2.C5H11N/c1-2-24-13-5-3-11(4-6-13)20-17-14-9-12(10-23)19-16(14)21-15-7-8-18-22(15)17;1-2-4-6-5-3-1/h3-8,12,20,23H,2,9-10H2,1H3,(H,19,21);6H,1-5H2. The maximum atomic E-state index is 9.44. The molecule has 160 valence electrons. The zero-order valence-electron chi connectivity index (χ0n) is 17.4. The molecule has 2 aliphatic heterocycles. The van der Waals surface area contributed by atoms with E-state index in [1.165, 1.54) is 32.4 Å². The highest BCUT2D eigenvalue weighted by Crippen LogP contribution is 2.33. The van der Waals surface area contributed by atoms with Crippen LogP contribution < -0.4 is 20.7 Å². The van der Waals surface area contributed by atoms with E-state index in [9.17, 15) is 5.11 Å². The SMILES string of the molecule is C1CCNCC1.CCOc1ccc(Nc2c3c(nc4ccnn24)NC(CO)C3)cc1. The lowest BCUT2D eigenvalue weighted by Gasteiger charge is -2.13. The molecule has 5 rings (SSSR count). The van der Waals surface area contributed by atoms with E-state index in [1.54, 1.807) is 10.7 Å². The molecule has 1 saturated heterocycles. The summed E-state index contributed by atoms with van der Waals surface area (Å²) in [5.41, 5.74) is 2.73. The molecule has 2 aromatic heterocycles. The molecule has 0 amide bonds. The van der Waals surface area contributed by atoms with Crippen molar-refractivity contribution in [3.05, 3.63) is 42.1 Å². The zero-order chi connectivity index (χ0) is 20.8. The second-order valence-corrected chi connectivity index (χ2v) is 7.51. The third-order valence-electron chi connectivity index (χ3n) is 5.28. The van der Waals surface area contributed by atoms with Crippen LogP contribution in [0.1, 0.15) is 31.7 Å². The van der Waals surface area contributed by atoms with E-state index in [0.717, 1.165) is 34.3 Å². The van der Waals surface area contributed by atoms with Crippen LogP contribution in [0.5, 0.6) is 5.75 Å². The molecule has 1 atom stereocenters. The van der Waals surface area contributed by atoms with Gasteiger partial charge in [0, 0.05) is 23.7 Å². The summed E-state index contributed by atoms with van der Waals surface area (Å²) in [5, 5.41) is 23.8. The van der Waals surface area contributed by atoms with E-state index in [0.29, 0.717) is 13.0 Å². The number of piperidine rings is 1. The lowest BCUT2D eigenvalue weighted by atomic mass is 10.1. The molecule has 1 aromatic carbocycles. The smallest absolute Gasteiger partial charge is 0.159 e. The van der Waals surface area contributed by atoms with Gasteiger partial charge >= 0.3 is 0 Å². The molecular formula is C22H30N6O2. The minimum absolute atomic E-state index is 0.0134. The Bertz CT molecular complexity index is 941. The first kappa shape index (κ1) is 20.4. The number of aliphatic hydroxyl groups is 1. The van der Waals surface area contributed by atoms with Crippen LogP contribution in [0.15, 0.2) is 36.5 Å². The largest absolute Gasteiger partial charge is 0.494 e. The van der Waals surface area contributed by atoms with Gasteiger partial charge in [0.25, 0.3) is 0 Å². The molecule has 8 heteroatoms. The van der Waals surface area contributed by atoms with Crippen LogP contribution in [0.4, 0.5) is 17.3 Å². The van der Waals surface area contributed by atoms with Crippen molar-refractivity contribution in [2.45, 2.75) is 38.6 Å². The lowest BCUT2D eigenvalue weighted by molar-refractivity contribution is 0.277. The Hall–Kier alpha value is -2.84. The van der Waals surface area contributed by atoms with Crippen LogP contribution in [0.3, 0.4) is 0 Å². The number of ether oxygens (including phenoxy) is 1. The number of aliphatic hydroxyl groups excluding tert-OH is 1. The number of rotatable bonds is 5. The monoisotopic (exact) mass is 410 g/mol. The van der Waals surface area contributed by atoms with Crippen LogP contribution in [-0.2, 0) is 6.42 Å². The second-order valence-electron chi connectivity index (χ2n) is 7.51. The zero-order valence-corrected chi connectivity index (χ0v) is 17.4. The first-order valence-corrected chi connectivity index (χ1v) is 10.7. The number of nitrogens with one attached hydrogen (secondary N) is 3. The van der Waals surface area contributed by atoms with Gasteiger partial charge in [0.15, 0.2) is 5.65 Å². The molecule has 30 heavy (non-hydrogen) atoms. The van der Waals surface area contributed by atoms with E-state index in [-0.39, 0.29) is 12.6 Å². The highest BCUT2D eigenvalue weighted by atomic mass is 16.5. The van der Waals surface area contributed by atoms with Crippen molar-refractivity contribution in [1.82, 2.24) is 19.9 Å². The van der Waals surface area contributed by atoms with Gasteiger partial charge in [-0.15, -0.1) is 0 Å². The summed E-state index contributed by atoms with van der Waals surface area (Å²) in [4.78, 5) is 4.57. The Balaban J connectivity index is 0.000000313. The number of hydrogen-bond acceptors (Lipinski definition) is 7. The summed E-state index contributed by atoms with van der Waals surface area (Å²) in [6.45, 7) is 5.18. The summed E-state index contributed by atoms with van der Waals surface area (Å²) in [7, 11) is 0. The fourth-order valence-electron chi connectivity index (χ4n) is 3.76.